The van der Waals surface area contributed by atoms with Gasteiger partial charge in [0.05, 0.1) is 24.3 Å². The van der Waals surface area contributed by atoms with E-state index in [1.165, 1.54) is 0 Å². The zero-order valence-electron chi connectivity index (χ0n) is 17.8. The number of rotatable bonds is 4. The fourth-order valence-electron chi connectivity index (χ4n) is 3.50. The number of nitrogens with zero attached hydrogens (tertiary/aromatic N) is 6. The van der Waals surface area contributed by atoms with E-state index < -0.39 is 11.8 Å². The van der Waals surface area contributed by atoms with E-state index in [1.54, 1.807) is 36.4 Å². The Morgan fingerprint density at radius 3 is 1.15 bits per heavy atom. The van der Waals surface area contributed by atoms with Gasteiger partial charge in [0.15, 0.2) is 11.8 Å². The quantitative estimate of drug-likeness (QED) is 0.616. The molecule has 0 aliphatic carbocycles. The zero-order valence-corrected chi connectivity index (χ0v) is 17.8. The van der Waals surface area contributed by atoms with Crippen LogP contribution in [0.4, 0.5) is 0 Å². The summed E-state index contributed by atoms with van der Waals surface area (Å²) in [4.78, 5) is 0. The van der Waals surface area contributed by atoms with Crippen molar-refractivity contribution in [3.8, 4) is 36.4 Å². The molecule has 0 aliphatic rings. The van der Waals surface area contributed by atoms with Crippen LogP contribution in [-0.2, 0) is 0 Å². The molecule has 6 heteroatoms. The normalized spacial score (nSPS) is 9.53. The topological polar surface area (TPSA) is 143 Å². The minimum Gasteiger partial charge on any atom is -0.196 e. The summed E-state index contributed by atoms with van der Waals surface area (Å²) >= 11 is 0. The van der Waals surface area contributed by atoms with Gasteiger partial charge in [-0.1, -0.05) is 72.8 Å². The van der Waals surface area contributed by atoms with Crippen LogP contribution in [0.15, 0.2) is 72.8 Å². The van der Waals surface area contributed by atoms with Crippen molar-refractivity contribution in [2.45, 2.75) is 11.8 Å². The van der Waals surface area contributed by atoms with Gasteiger partial charge in [0.2, 0.25) is 0 Å². The Morgan fingerprint density at radius 2 is 0.824 bits per heavy atom. The Bertz CT molecular complexity index is 1460. The summed E-state index contributed by atoms with van der Waals surface area (Å²) in [5, 5.41) is 56.2. The van der Waals surface area contributed by atoms with E-state index in [2.05, 4.69) is 0 Å². The SMILES string of the molecule is N#CC(C#N)=c1ccc(=C(c2ccc(C(C#N)C#N)cc2)c2ccc(C(C#N)C#N)cc2)cc1. The molecule has 0 unspecified atom stereocenters. The Kier molecular flexibility index (Phi) is 7.16. The molecule has 0 fully saturated rings. The number of hydrogen-bond acceptors (Lipinski definition) is 6. The van der Waals surface area contributed by atoms with Crippen LogP contribution in [-0.4, -0.2) is 0 Å². The summed E-state index contributed by atoms with van der Waals surface area (Å²) in [7, 11) is 0. The Hall–Kier alpha value is -5.66. The maximum atomic E-state index is 9.17. The number of nitriles is 6. The van der Waals surface area contributed by atoms with E-state index in [0.717, 1.165) is 21.9 Å². The minimum absolute atomic E-state index is 0.0138. The van der Waals surface area contributed by atoms with Crippen LogP contribution in [0.2, 0.25) is 0 Å². The molecule has 0 aromatic heterocycles. The van der Waals surface area contributed by atoms with E-state index in [4.69, 9.17) is 31.6 Å². The predicted molar refractivity (Wildman–Crippen MR) is 123 cm³/mol. The molecule has 0 N–H and O–H groups in total. The summed E-state index contributed by atoms with van der Waals surface area (Å²) in [5.41, 5.74) is 3.66. The zero-order chi connectivity index (χ0) is 24.5. The van der Waals surface area contributed by atoms with Crippen molar-refractivity contribution in [1.29, 1.82) is 31.6 Å². The molecule has 0 spiro atoms. The molecule has 0 saturated carbocycles. The molecule has 0 saturated heterocycles. The highest BCUT2D eigenvalue weighted by molar-refractivity contribution is 5.80. The van der Waals surface area contributed by atoms with Gasteiger partial charge in [-0.25, -0.2) is 0 Å². The maximum Gasteiger partial charge on any atom is 0.158 e. The average molecular weight is 434 g/mol. The first kappa shape index (κ1) is 23.0. The lowest BCUT2D eigenvalue weighted by Gasteiger charge is -2.12. The summed E-state index contributed by atoms with van der Waals surface area (Å²) in [6.45, 7) is 0. The molecular weight excluding hydrogens is 420 g/mol. The van der Waals surface area contributed by atoms with Gasteiger partial charge in [-0.05, 0) is 33.0 Å². The highest BCUT2D eigenvalue weighted by Crippen LogP contribution is 2.25. The molecular formula is C28H14N6. The number of benzene rings is 3. The van der Waals surface area contributed by atoms with Crippen LogP contribution in [0.1, 0.15) is 34.1 Å². The minimum atomic E-state index is -0.865. The second kappa shape index (κ2) is 10.6. The molecule has 0 amide bonds. The van der Waals surface area contributed by atoms with E-state index in [9.17, 15) is 0 Å². The van der Waals surface area contributed by atoms with Gasteiger partial charge in [-0.2, -0.15) is 31.6 Å². The van der Waals surface area contributed by atoms with E-state index >= 15 is 0 Å². The summed E-state index contributed by atoms with van der Waals surface area (Å²) in [6.07, 6.45) is 0. The van der Waals surface area contributed by atoms with Gasteiger partial charge in [-0.3, -0.25) is 0 Å². The van der Waals surface area contributed by atoms with E-state index in [1.807, 2.05) is 72.8 Å². The van der Waals surface area contributed by atoms with Crippen molar-refractivity contribution >= 4 is 11.1 Å². The second-order valence-corrected chi connectivity index (χ2v) is 7.18. The van der Waals surface area contributed by atoms with Crippen LogP contribution in [0.3, 0.4) is 0 Å². The first-order chi connectivity index (χ1) is 16.6. The molecule has 0 heterocycles. The number of hydrogen-bond donors (Lipinski definition) is 0. The standard InChI is InChI=1S/C28H14N6/c29-13-25(14-30)19-1-7-22(8-2-19)28(23-9-3-20(4-10-23)26(15-31)16-32)24-11-5-21(6-12-24)27(17-33)18-34/h1-12,25-26H. The fourth-order valence-corrected chi connectivity index (χ4v) is 3.50. The third-order valence-electron chi connectivity index (χ3n) is 5.27. The molecule has 34 heavy (non-hydrogen) atoms. The fraction of sp³-hybridized carbons (Fsp3) is 0.0714. The van der Waals surface area contributed by atoms with Crippen LogP contribution in [0.5, 0.6) is 0 Å². The van der Waals surface area contributed by atoms with Crippen molar-refractivity contribution < 1.29 is 0 Å². The first-order valence-corrected chi connectivity index (χ1v) is 10.0. The molecule has 6 nitrogen and oxygen atoms in total. The van der Waals surface area contributed by atoms with Crippen molar-refractivity contribution in [2.24, 2.45) is 0 Å². The van der Waals surface area contributed by atoms with Crippen LogP contribution >= 0.6 is 0 Å². The van der Waals surface area contributed by atoms with Crippen molar-refractivity contribution in [3.05, 3.63) is 105 Å². The molecule has 3 rings (SSSR count). The predicted octanol–water partition coefficient (Wildman–Crippen LogP) is 3.39. The summed E-state index contributed by atoms with van der Waals surface area (Å²) < 4.78 is 0. The largest absolute Gasteiger partial charge is 0.196 e. The first-order valence-electron chi connectivity index (χ1n) is 10.0. The average Bonchev–Trinajstić information content (AvgIpc) is 2.89. The highest BCUT2D eigenvalue weighted by Gasteiger charge is 2.13. The lowest BCUT2D eigenvalue weighted by molar-refractivity contribution is 1.10. The lowest BCUT2D eigenvalue weighted by atomic mass is 9.91. The molecule has 0 radical (unpaired) electrons. The van der Waals surface area contributed by atoms with Gasteiger partial charge in [0.25, 0.3) is 0 Å². The van der Waals surface area contributed by atoms with Gasteiger partial charge in [0.1, 0.15) is 17.7 Å². The maximum absolute atomic E-state index is 9.17. The third-order valence-corrected chi connectivity index (χ3v) is 5.27. The monoisotopic (exact) mass is 434 g/mol. The molecule has 0 atom stereocenters. The molecule has 0 aliphatic heterocycles. The van der Waals surface area contributed by atoms with Crippen molar-refractivity contribution in [3.63, 3.8) is 0 Å². The van der Waals surface area contributed by atoms with Gasteiger partial charge >= 0.3 is 0 Å². The van der Waals surface area contributed by atoms with Crippen molar-refractivity contribution in [2.75, 3.05) is 0 Å². The summed E-state index contributed by atoms with van der Waals surface area (Å²) in [6, 6.07) is 32.8. The van der Waals surface area contributed by atoms with Crippen molar-refractivity contribution in [1.82, 2.24) is 0 Å². The second-order valence-electron chi connectivity index (χ2n) is 7.18. The molecule has 156 valence electrons. The summed E-state index contributed by atoms with van der Waals surface area (Å²) in [5.74, 6) is -1.73. The van der Waals surface area contributed by atoms with E-state index in [0.29, 0.717) is 16.3 Å². The Balaban J connectivity index is 2.24. The van der Waals surface area contributed by atoms with Gasteiger partial charge in [-0.15, -0.1) is 0 Å². The van der Waals surface area contributed by atoms with Crippen LogP contribution in [0.25, 0.3) is 11.1 Å². The highest BCUT2D eigenvalue weighted by atomic mass is 14.3. The Labute approximate surface area is 196 Å². The van der Waals surface area contributed by atoms with Crippen LogP contribution in [0, 0.1) is 68.0 Å². The Morgan fingerprint density at radius 1 is 0.471 bits per heavy atom. The lowest BCUT2D eigenvalue weighted by Crippen LogP contribution is -2.13. The third kappa shape index (κ3) is 4.65. The van der Waals surface area contributed by atoms with E-state index in [-0.39, 0.29) is 5.57 Å². The molecule has 0 bridgehead atoms. The van der Waals surface area contributed by atoms with Gasteiger partial charge in [0, 0.05) is 5.22 Å². The molecule has 3 aromatic carbocycles. The molecule has 3 aromatic rings. The smallest absolute Gasteiger partial charge is 0.158 e. The van der Waals surface area contributed by atoms with Gasteiger partial charge < -0.3 is 0 Å². The van der Waals surface area contributed by atoms with Crippen LogP contribution < -0.4 is 10.4 Å².